The van der Waals surface area contributed by atoms with Gasteiger partial charge in [-0.25, -0.2) is 13.4 Å². The lowest BCUT2D eigenvalue weighted by molar-refractivity contribution is -0.122. The third-order valence-electron chi connectivity index (χ3n) is 4.65. The van der Waals surface area contributed by atoms with Crippen LogP contribution in [0.4, 0.5) is 5.82 Å². The van der Waals surface area contributed by atoms with E-state index in [9.17, 15) is 13.2 Å². The molecular weight excluding hydrogens is 392 g/mol. The number of piperazine rings is 1. The fourth-order valence-electron chi connectivity index (χ4n) is 3.09. The summed E-state index contributed by atoms with van der Waals surface area (Å²) in [6, 6.07) is 13.1. The van der Waals surface area contributed by atoms with Crippen LogP contribution in [0.15, 0.2) is 48.7 Å². The van der Waals surface area contributed by atoms with E-state index in [1.54, 1.807) is 12.3 Å². The number of aryl methyl sites for hydroxylation is 1. The summed E-state index contributed by atoms with van der Waals surface area (Å²) in [6.45, 7) is 3.84. The topological polar surface area (TPSA) is 91.8 Å². The molecule has 1 aliphatic rings. The third-order valence-corrected chi connectivity index (χ3v) is 6.52. The van der Waals surface area contributed by atoms with Crippen molar-refractivity contribution in [2.75, 3.05) is 50.0 Å². The van der Waals surface area contributed by atoms with Crippen molar-refractivity contribution >= 4 is 21.7 Å². The number of amides is 1. The average Bonchev–Trinajstić information content (AvgIpc) is 2.73. The van der Waals surface area contributed by atoms with E-state index in [-0.39, 0.29) is 24.8 Å². The van der Waals surface area contributed by atoms with Gasteiger partial charge in [-0.2, -0.15) is 4.31 Å². The molecule has 156 valence electrons. The number of benzene rings is 1. The molecule has 1 N–H and O–H groups in total. The number of anilines is 1. The lowest BCUT2D eigenvalue weighted by Gasteiger charge is -2.34. The van der Waals surface area contributed by atoms with Crippen LogP contribution in [-0.2, 0) is 14.8 Å². The molecule has 8 nitrogen and oxygen atoms in total. The second-order valence-electron chi connectivity index (χ2n) is 6.85. The molecular formula is C20H26N4O4S. The minimum Gasteiger partial charge on any atom is -0.484 e. The molecule has 1 aromatic heterocycles. The predicted molar refractivity (Wildman–Crippen MR) is 111 cm³/mol. The van der Waals surface area contributed by atoms with Gasteiger partial charge in [-0.3, -0.25) is 4.79 Å². The largest absolute Gasteiger partial charge is 0.484 e. The molecule has 0 bridgehead atoms. The number of nitrogens with one attached hydrogen (secondary N) is 1. The monoisotopic (exact) mass is 418 g/mol. The Labute approximate surface area is 171 Å². The summed E-state index contributed by atoms with van der Waals surface area (Å²) < 4.78 is 32.0. The van der Waals surface area contributed by atoms with Crippen LogP contribution in [0.1, 0.15) is 5.56 Å². The Morgan fingerprint density at radius 1 is 1.14 bits per heavy atom. The molecule has 1 saturated heterocycles. The number of carbonyl (C=O) groups is 1. The number of carbonyl (C=O) groups excluding carboxylic acids is 1. The number of pyridine rings is 1. The van der Waals surface area contributed by atoms with Crippen molar-refractivity contribution in [2.24, 2.45) is 0 Å². The second-order valence-corrected chi connectivity index (χ2v) is 8.93. The first-order chi connectivity index (χ1) is 13.9. The van der Waals surface area contributed by atoms with Gasteiger partial charge in [-0.15, -0.1) is 0 Å². The Bertz CT molecular complexity index is 913. The van der Waals surface area contributed by atoms with Gasteiger partial charge < -0.3 is 15.0 Å². The van der Waals surface area contributed by atoms with E-state index < -0.39 is 10.0 Å². The van der Waals surface area contributed by atoms with Crippen LogP contribution in [-0.4, -0.2) is 68.7 Å². The predicted octanol–water partition coefficient (Wildman–Crippen LogP) is 1.04. The minimum absolute atomic E-state index is 0.0544. The molecule has 1 fully saturated rings. The molecule has 9 heteroatoms. The quantitative estimate of drug-likeness (QED) is 0.689. The number of sulfonamides is 1. The van der Waals surface area contributed by atoms with Gasteiger partial charge in [-0.05, 0) is 36.8 Å². The highest BCUT2D eigenvalue weighted by molar-refractivity contribution is 7.89. The molecule has 0 atom stereocenters. The zero-order chi connectivity index (χ0) is 20.7. The van der Waals surface area contributed by atoms with Crippen molar-refractivity contribution in [1.82, 2.24) is 14.6 Å². The van der Waals surface area contributed by atoms with Gasteiger partial charge in [-0.1, -0.05) is 18.2 Å². The standard InChI is InChI=1S/C20H26N4O4S/c1-17-5-4-6-18(15-17)28-16-20(25)22-9-14-29(26,27)24-12-10-23(11-13-24)19-7-2-3-8-21-19/h2-8,15H,9-14,16H2,1H3,(H,22,25). The highest BCUT2D eigenvalue weighted by atomic mass is 32.2. The third kappa shape index (κ3) is 6.16. The minimum atomic E-state index is -3.43. The van der Waals surface area contributed by atoms with Gasteiger partial charge in [0.1, 0.15) is 11.6 Å². The molecule has 1 aliphatic heterocycles. The van der Waals surface area contributed by atoms with E-state index in [0.717, 1.165) is 11.4 Å². The number of ether oxygens (including phenoxy) is 1. The number of hydrogen-bond donors (Lipinski definition) is 1. The number of rotatable bonds is 8. The lowest BCUT2D eigenvalue weighted by Crippen LogP contribution is -2.50. The van der Waals surface area contributed by atoms with Crippen molar-refractivity contribution < 1.29 is 17.9 Å². The molecule has 1 aromatic carbocycles. The van der Waals surface area contributed by atoms with Crippen molar-refractivity contribution in [1.29, 1.82) is 0 Å². The van der Waals surface area contributed by atoms with Crippen LogP contribution in [0.25, 0.3) is 0 Å². The van der Waals surface area contributed by atoms with Crippen LogP contribution in [0.2, 0.25) is 0 Å². The molecule has 2 heterocycles. The molecule has 3 rings (SSSR count). The van der Waals surface area contributed by atoms with E-state index in [1.165, 1.54) is 4.31 Å². The summed E-state index contributed by atoms with van der Waals surface area (Å²) in [5.41, 5.74) is 1.04. The van der Waals surface area contributed by atoms with Gasteiger partial charge >= 0.3 is 0 Å². The normalized spacial score (nSPS) is 15.1. The molecule has 2 aromatic rings. The summed E-state index contributed by atoms with van der Waals surface area (Å²) in [5.74, 6) is 0.984. The Balaban J connectivity index is 1.39. The van der Waals surface area contributed by atoms with Crippen LogP contribution in [0.5, 0.6) is 5.75 Å². The van der Waals surface area contributed by atoms with Crippen LogP contribution >= 0.6 is 0 Å². The molecule has 0 radical (unpaired) electrons. The molecule has 0 spiro atoms. The fraction of sp³-hybridized carbons (Fsp3) is 0.400. The Morgan fingerprint density at radius 3 is 2.62 bits per heavy atom. The Kier molecular flexibility index (Phi) is 7.05. The fourth-order valence-corrected chi connectivity index (χ4v) is 4.43. The van der Waals surface area contributed by atoms with E-state index in [2.05, 4.69) is 15.2 Å². The van der Waals surface area contributed by atoms with Crippen molar-refractivity contribution in [3.63, 3.8) is 0 Å². The zero-order valence-electron chi connectivity index (χ0n) is 16.5. The summed E-state index contributed by atoms with van der Waals surface area (Å²) in [4.78, 5) is 18.3. The first-order valence-electron chi connectivity index (χ1n) is 9.54. The van der Waals surface area contributed by atoms with E-state index in [4.69, 9.17) is 4.74 Å². The first kappa shape index (κ1) is 21.1. The lowest BCUT2D eigenvalue weighted by atomic mass is 10.2. The summed E-state index contributed by atoms with van der Waals surface area (Å²) >= 11 is 0. The van der Waals surface area contributed by atoms with Gasteiger partial charge in [0.05, 0.1) is 5.75 Å². The highest BCUT2D eigenvalue weighted by Gasteiger charge is 2.27. The maximum atomic E-state index is 12.5. The maximum Gasteiger partial charge on any atom is 0.257 e. The highest BCUT2D eigenvalue weighted by Crippen LogP contribution is 2.15. The van der Waals surface area contributed by atoms with Gasteiger partial charge in [0.25, 0.3) is 5.91 Å². The number of hydrogen-bond acceptors (Lipinski definition) is 6. The molecule has 29 heavy (non-hydrogen) atoms. The van der Waals surface area contributed by atoms with Crippen LogP contribution < -0.4 is 15.0 Å². The molecule has 0 unspecified atom stereocenters. The van der Waals surface area contributed by atoms with Crippen molar-refractivity contribution in [2.45, 2.75) is 6.92 Å². The summed E-state index contributed by atoms with van der Waals surface area (Å²) in [6.07, 6.45) is 1.73. The smallest absolute Gasteiger partial charge is 0.257 e. The second kappa shape index (κ2) is 9.71. The van der Waals surface area contributed by atoms with Gasteiger partial charge in [0.15, 0.2) is 6.61 Å². The SMILES string of the molecule is Cc1cccc(OCC(=O)NCCS(=O)(=O)N2CCN(c3ccccn3)CC2)c1. The van der Waals surface area contributed by atoms with E-state index >= 15 is 0 Å². The number of nitrogens with zero attached hydrogens (tertiary/aromatic N) is 3. The summed E-state index contributed by atoms with van der Waals surface area (Å²) in [7, 11) is -3.43. The van der Waals surface area contributed by atoms with Gasteiger partial charge in [0.2, 0.25) is 10.0 Å². The Hall–Kier alpha value is -2.65. The Morgan fingerprint density at radius 2 is 1.93 bits per heavy atom. The molecule has 0 aliphatic carbocycles. The van der Waals surface area contributed by atoms with E-state index in [0.29, 0.717) is 31.9 Å². The number of aromatic nitrogens is 1. The average molecular weight is 419 g/mol. The maximum absolute atomic E-state index is 12.5. The van der Waals surface area contributed by atoms with E-state index in [1.807, 2.05) is 43.3 Å². The van der Waals surface area contributed by atoms with Crippen molar-refractivity contribution in [3.8, 4) is 5.75 Å². The zero-order valence-corrected chi connectivity index (χ0v) is 17.3. The molecule has 0 saturated carbocycles. The molecule has 1 amide bonds. The first-order valence-corrected chi connectivity index (χ1v) is 11.1. The van der Waals surface area contributed by atoms with Crippen molar-refractivity contribution in [3.05, 3.63) is 54.2 Å². The summed E-state index contributed by atoms with van der Waals surface area (Å²) in [5, 5.41) is 2.61. The van der Waals surface area contributed by atoms with Gasteiger partial charge in [0, 0.05) is 38.9 Å². The van der Waals surface area contributed by atoms with Crippen LogP contribution in [0.3, 0.4) is 0 Å². The van der Waals surface area contributed by atoms with Crippen LogP contribution in [0, 0.1) is 6.92 Å².